The first kappa shape index (κ1) is 10.3. The summed E-state index contributed by atoms with van der Waals surface area (Å²) in [4.78, 5) is 2.54. The molecule has 1 aromatic rings. The molecule has 0 fully saturated rings. The maximum atomic E-state index is 9.33. The first-order valence-electron chi connectivity index (χ1n) is 3.72. The van der Waals surface area contributed by atoms with Gasteiger partial charge in [-0.2, -0.15) is 0 Å². The molecule has 1 rings (SSSR count). The first-order chi connectivity index (χ1) is 6.74. The van der Waals surface area contributed by atoms with Crippen molar-refractivity contribution >= 4 is 11.6 Å². The van der Waals surface area contributed by atoms with Crippen molar-refractivity contribution in [3.05, 3.63) is 39.2 Å². The fourth-order valence-electron chi connectivity index (χ4n) is 0.810. The van der Waals surface area contributed by atoms with Crippen LogP contribution in [0.15, 0.2) is 23.3 Å². The molecule has 0 aromatic heterocycles. The molecule has 0 spiro atoms. The van der Waals surface area contributed by atoms with E-state index in [4.69, 9.17) is 17.1 Å². The third-order valence-corrected chi connectivity index (χ3v) is 1.63. The molecule has 0 saturated carbocycles. The molecule has 0 heterocycles. The summed E-state index contributed by atoms with van der Waals surface area (Å²) in [6, 6.07) is 4.56. The summed E-state index contributed by atoms with van der Waals surface area (Å²) in [5.74, 6) is 5.28. The minimum atomic E-state index is 0.0582. The maximum absolute atomic E-state index is 9.33. The van der Waals surface area contributed by atoms with E-state index in [0.717, 1.165) is 0 Å². The second-order valence-corrected chi connectivity index (χ2v) is 2.79. The lowest BCUT2D eigenvalue weighted by atomic mass is 10.2. The van der Waals surface area contributed by atoms with E-state index in [1.54, 1.807) is 12.1 Å². The molecule has 0 aliphatic heterocycles. The summed E-state index contributed by atoms with van der Waals surface area (Å²) in [7, 11) is 0. The Hall–Kier alpha value is -1.82. The van der Waals surface area contributed by atoms with Crippen molar-refractivity contribution in [2.75, 3.05) is 6.54 Å². The fraction of sp³-hybridized carbons (Fsp3) is 0.111. The van der Waals surface area contributed by atoms with Crippen LogP contribution in [0, 0.1) is 11.8 Å². The second kappa shape index (κ2) is 5.03. The van der Waals surface area contributed by atoms with Gasteiger partial charge in [0, 0.05) is 9.93 Å². The monoisotopic (exact) mass is 207 g/mol. The molecule has 0 amide bonds. The number of rotatable bonds is 1. The van der Waals surface area contributed by atoms with E-state index in [0.29, 0.717) is 10.6 Å². The highest BCUT2D eigenvalue weighted by Gasteiger charge is 1.97. The SMILES string of the molecule is [N-]=[N+]=NCC#Cc1cc(Cl)ccc1O. The number of nitrogens with zero attached hydrogens (tertiary/aromatic N) is 3. The van der Waals surface area contributed by atoms with Gasteiger partial charge in [0.2, 0.25) is 0 Å². The van der Waals surface area contributed by atoms with Crippen molar-refractivity contribution in [2.24, 2.45) is 5.11 Å². The Morgan fingerprint density at radius 1 is 1.57 bits per heavy atom. The Morgan fingerprint density at radius 3 is 3.07 bits per heavy atom. The summed E-state index contributed by atoms with van der Waals surface area (Å²) in [5, 5.41) is 13.1. The number of azide groups is 1. The number of hydrogen-bond acceptors (Lipinski definition) is 2. The molecule has 0 radical (unpaired) electrons. The Morgan fingerprint density at radius 2 is 2.36 bits per heavy atom. The van der Waals surface area contributed by atoms with Crippen LogP contribution >= 0.6 is 11.6 Å². The first-order valence-corrected chi connectivity index (χ1v) is 4.10. The van der Waals surface area contributed by atoms with E-state index in [2.05, 4.69) is 21.9 Å². The number of halogens is 1. The van der Waals surface area contributed by atoms with Crippen LogP contribution in [0.2, 0.25) is 5.02 Å². The van der Waals surface area contributed by atoms with Crippen LogP contribution < -0.4 is 0 Å². The topological polar surface area (TPSA) is 69.0 Å². The van der Waals surface area contributed by atoms with Gasteiger partial charge in [0.15, 0.2) is 0 Å². The lowest BCUT2D eigenvalue weighted by Crippen LogP contribution is -1.77. The fourth-order valence-corrected chi connectivity index (χ4v) is 0.982. The Labute approximate surface area is 85.8 Å². The highest BCUT2D eigenvalue weighted by Crippen LogP contribution is 2.19. The Balaban J connectivity index is 2.88. The van der Waals surface area contributed by atoms with Gasteiger partial charge in [-0.3, -0.25) is 0 Å². The van der Waals surface area contributed by atoms with Crippen molar-refractivity contribution in [3.63, 3.8) is 0 Å². The van der Waals surface area contributed by atoms with E-state index in [-0.39, 0.29) is 12.3 Å². The molecule has 0 aliphatic carbocycles. The van der Waals surface area contributed by atoms with Crippen LogP contribution in [-0.2, 0) is 0 Å². The Bertz CT molecular complexity index is 441. The highest BCUT2D eigenvalue weighted by atomic mass is 35.5. The molecule has 0 atom stereocenters. The van der Waals surface area contributed by atoms with Gasteiger partial charge < -0.3 is 5.11 Å². The van der Waals surface area contributed by atoms with Gasteiger partial charge in [-0.05, 0) is 23.7 Å². The molecule has 14 heavy (non-hydrogen) atoms. The summed E-state index contributed by atoms with van der Waals surface area (Å²) in [6.07, 6.45) is 0. The van der Waals surface area contributed by atoms with E-state index >= 15 is 0 Å². The van der Waals surface area contributed by atoms with Crippen molar-refractivity contribution < 1.29 is 5.11 Å². The summed E-state index contributed by atoms with van der Waals surface area (Å²) in [5.41, 5.74) is 8.40. The van der Waals surface area contributed by atoms with Crippen LogP contribution in [0.25, 0.3) is 10.4 Å². The predicted molar refractivity (Wildman–Crippen MR) is 54.0 cm³/mol. The van der Waals surface area contributed by atoms with E-state index < -0.39 is 0 Å². The zero-order chi connectivity index (χ0) is 10.4. The average Bonchev–Trinajstić information content (AvgIpc) is 2.18. The predicted octanol–water partition coefficient (Wildman–Crippen LogP) is 2.71. The van der Waals surface area contributed by atoms with Crippen molar-refractivity contribution in [1.82, 2.24) is 0 Å². The molecule has 1 aromatic carbocycles. The zero-order valence-electron chi connectivity index (χ0n) is 7.11. The Kier molecular flexibility index (Phi) is 3.69. The molecule has 4 nitrogen and oxygen atoms in total. The van der Waals surface area contributed by atoms with E-state index in [1.807, 2.05) is 0 Å². The molecule has 0 unspecified atom stereocenters. The molecule has 1 N–H and O–H groups in total. The summed E-state index contributed by atoms with van der Waals surface area (Å²) < 4.78 is 0. The molecule has 5 heteroatoms. The van der Waals surface area contributed by atoms with E-state index in [1.165, 1.54) is 6.07 Å². The molecule has 0 saturated heterocycles. The lowest BCUT2D eigenvalue weighted by Gasteiger charge is -1.95. The summed E-state index contributed by atoms with van der Waals surface area (Å²) >= 11 is 5.70. The molecular formula is C9H6ClN3O. The quantitative estimate of drug-likeness (QED) is 0.327. The van der Waals surface area contributed by atoms with Gasteiger partial charge in [-0.15, -0.1) is 0 Å². The van der Waals surface area contributed by atoms with Crippen LogP contribution in [0.1, 0.15) is 5.56 Å². The smallest absolute Gasteiger partial charge is 0.131 e. The van der Waals surface area contributed by atoms with Crippen molar-refractivity contribution in [1.29, 1.82) is 0 Å². The number of benzene rings is 1. The summed E-state index contributed by atoms with van der Waals surface area (Å²) in [6.45, 7) is 0.0719. The molecule has 70 valence electrons. The van der Waals surface area contributed by atoms with Gasteiger partial charge in [-0.1, -0.05) is 28.6 Å². The number of phenols is 1. The van der Waals surface area contributed by atoms with Crippen molar-refractivity contribution in [3.8, 4) is 17.6 Å². The third kappa shape index (κ3) is 2.91. The van der Waals surface area contributed by atoms with E-state index in [9.17, 15) is 5.11 Å². The van der Waals surface area contributed by atoms with Crippen LogP contribution in [0.5, 0.6) is 5.75 Å². The average molecular weight is 208 g/mol. The highest BCUT2D eigenvalue weighted by molar-refractivity contribution is 6.30. The largest absolute Gasteiger partial charge is 0.507 e. The zero-order valence-corrected chi connectivity index (χ0v) is 7.86. The lowest BCUT2D eigenvalue weighted by molar-refractivity contribution is 0.473. The van der Waals surface area contributed by atoms with Gasteiger partial charge in [0.25, 0.3) is 0 Å². The number of hydrogen-bond donors (Lipinski definition) is 1. The standard InChI is InChI=1S/C9H6ClN3O/c10-8-3-4-9(14)7(6-8)2-1-5-12-13-11/h3-4,6,14H,5H2. The van der Waals surface area contributed by atoms with Crippen LogP contribution in [0.3, 0.4) is 0 Å². The normalized spacial score (nSPS) is 8.36. The number of aromatic hydroxyl groups is 1. The molecule has 0 bridgehead atoms. The second-order valence-electron chi connectivity index (χ2n) is 2.35. The van der Waals surface area contributed by atoms with Gasteiger partial charge >= 0.3 is 0 Å². The van der Waals surface area contributed by atoms with Crippen LogP contribution in [-0.4, -0.2) is 11.7 Å². The molecule has 0 aliphatic rings. The maximum Gasteiger partial charge on any atom is 0.131 e. The van der Waals surface area contributed by atoms with Gasteiger partial charge in [0.05, 0.1) is 12.1 Å². The third-order valence-electron chi connectivity index (χ3n) is 1.39. The number of phenolic OH excluding ortho intramolecular Hbond substituents is 1. The minimum absolute atomic E-state index is 0.0582. The van der Waals surface area contributed by atoms with Crippen molar-refractivity contribution in [2.45, 2.75) is 0 Å². The van der Waals surface area contributed by atoms with Gasteiger partial charge in [-0.25, -0.2) is 0 Å². The van der Waals surface area contributed by atoms with Crippen LogP contribution in [0.4, 0.5) is 0 Å². The molecular weight excluding hydrogens is 202 g/mol. The minimum Gasteiger partial charge on any atom is -0.507 e. The van der Waals surface area contributed by atoms with Gasteiger partial charge in [0.1, 0.15) is 5.75 Å².